The van der Waals surface area contributed by atoms with E-state index in [9.17, 15) is 9.59 Å². The van der Waals surface area contributed by atoms with Crippen molar-refractivity contribution in [2.24, 2.45) is 0 Å². The molecule has 1 heterocycles. The van der Waals surface area contributed by atoms with Gasteiger partial charge in [-0.25, -0.2) is 4.79 Å². The molecular formula is C18H27N3O3. The lowest BCUT2D eigenvalue weighted by atomic mass is 10.1. The smallest absolute Gasteiger partial charge is 0.315 e. The van der Waals surface area contributed by atoms with Crippen molar-refractivity contribution in [1.82, 2.24) is 10.6 Å². The quantitative estimate of drug-likeness (QED) is 0.751. The van der Waals surface area contributed by atoms with Crippen LogP contribution in [0.3, 0.4) is 0 Å². The summed E-state index contributed by atoms with van der Waals surface area (Å²) in [4.78, 5) is 25.9. The number of benzene rings is 1. The van der Waals surface area contributed by atoms with Gasteiger partial charge in [-0.2, -0.15) is 0 Å². The minimum Gasteiger partial charge on any atom is -0.382 e. The molecule has 3 amide bonds. The highest BCUT2D eigenvalue weighted by molar-refractivity contribution is 5.96. The standard InChI is InChI=1S/C18H27N3O3/c1-4-24-9-5-8-19-18(23)20-15-11-17(22)21(12-15)16-7-6-13(2)14(3)10-16/h6-7,10,15H,4-5,8-9,11-12H2,1-3H3,(H2,19,20,23)/t15-/m0/s1. The first-order valence-electron chi connectivity index (χ1n) is 8.51. The monoisotopic (exact) mass is 333 g/mol. The zero-order chi connectivity index (χ0) is 17.5. The van der Waals surface area contributed by atoms with Gasteiger partial charge in [-0.3, -0.25) is 4.79 Å². The maximum absolute atomic E-state index is 12.2. The molecule has 132 valence electrons. The normalized spacial score (nSPS) is 17.2. The molecular weight excluding hydrogens is 306 g/mol. The second-order valence-electron chi connectivity index (χ2n) is 6.12. The summed E-state index contributed by atoms with van der Waals surface area (Å²) in [7, 11) is 0. The van der Waals surface area contributed by atoms with Gasteiger partial charge in [-0.05, 0) is 50.5 Å². The number of amides is 3. The zero-order valence-corrected chi connectivity index (χ0v) is 14.7. The Hall–Kier alpha value is -2.08. The first-order valence-corrected chi connectivity index (χ1v) is 8.51. The molecule has 6 nitrogen and oxygen atoms in total. The molecule has 0 unspecified atom stereocenters. The number of hydrogen-bond donors (Lipinski definition) is 2. The number of nitrogens with one attached hydrogen (secondary N) is 2. The van der Waals surface area contributed by atoms with Crippen LogP contribution < -0.4 is 15.5 Å². The molecule has 1 aromatic carbocycles. The van der Waals surface area contributed by atoms with Crippen LogP contribution in [0.5, 0.6) is 0 Å². The number of hydrogen-bond acceptors (Lipinski definition) is 3. The SMILES string of the molecule is CCOCCCNC(=O)N[C@H]1CC(=O)N(c2ccc(C)c(C)c2)C1. The van der Waals surface area contributed by atoms with E-state index in [2.05, 4.69) is 10.6 Å². The number of ether oxygens (including phenoxy) is 1. The van der Waals surface area contributed by atoms with Crippen molar-refractivity contribution in [3.8, 4) is 0 Å². The van der Waals surface area contributed by atoms with Crippen LogP contribution >= 0.6 is 0 Å². The van der Waals surface area contributed by atoms with Gasteiger partial charge in [-0.15, -0.1) is 0 Å². The van der Waals surface area contributed by atoms with Crippen molar-refractivity contribution in [3.63, 3.8) is 0 Å². The van der Waals surface area contributed by atoms with Gasteiger partial charge in [0.2, 0.25) is 5.91 Å². The molecule has 0 radical (unpaired) electrons. The molecule has 1 fully saturated rings. The molecule has 24 heavy (non-hydrogen) atoms. The summed E-state index contributed by atoms with van der Waals surface area (Å²) in [6.45, 7) is 8.42. The average Bonchev–Trinajstić information content (AvgIpc) is 2.90. The zero-order valence-electron chi connectivity index (χ0n) is 14.7. The molecule has 2 rings (SSSR count). The van der Waals surface area contributed by atoms with Gasteiger partial charge >= 0.3 is 6.03 Å². The predicted molar refractivity (Wildman–Crippen MR) is 94.3 cm³/mol. The first kappa shape index (κ1) is 18.3. The van der Waals surface area contributed by atoms with Crippen LogP contribution in [0.15, 0.2) is 18.2 Å². The summed E-state index contributed by atoms with van der Waals surface area (Å²) in [5, 5.41) is 5.67. The highest BCUT2D eigenvalue weighted by atomic mass is 16.5. The molecule has 1 aliphatic rings. The van der Waals surface area contributed by atoms with Gasteiger partial charge in [0.15, 0.2) is 0 Å². The van der Waals surface area contributed by atoms with E-state index in [1.54, 1.807) is 4.90 Å². The van der Waals surface area contributed by atoms with Crippen LogP contribution in [0.25, 0.3) is 0 Å². The van der Waals surface area contributed by atoms with Crippen molar-refractivity contribution in [2.75, 3.05) is 31.2 Å². The van der Waals surface area contributed by atoms with Crippen molar-refractivity contribution < 1.29 is 14.3 Å². The Morgan fingerprint density at radius 2 is 2.12 bits per heavy atom. The van der Waals surface area contributed by atoms with Crippen molar-refractivity contribution in [3.05, 3.63) is 29.3 Å². The summed E-state index contributed by atoms with van der Waals surface area (Å²) < 4.78 is 5.22. The molecule has 1 aromatic rings. The van der Waals surface area contributed by atoms with E-state index in [-0.39, 0.29) is 18.0 Å². The second-order valence-corrected chi connectivity index (χ2v) is 6.12. The molecule has 2 N–H and O–H groups in total. The number of carbonyl (C=O) groups is 2. The van der Waals surface area contributed by atoms with Gasteiger partial charge in [0.25, 0.3) is 0 Å². The Morgan fingerprint density at radius 3 is 2.83 bits per heavy atom. The highest BCUT2D eigenvalue weighted by Crippen LogP contribution is 2.24. The van der Waals surface area contributed by atoms with Crippen LogP contribution in [0.1, 0.15) is 30.9 Å². The number of nitrogens with zero attached hydrogens (tertiary/aromatic N) is 1. The Morgan fingerprint density at radius 1 is 1.33 bits per heavy atom. The Labute approximate surface area is 143 Å². The van der Waals surface area contributed by atoms with E-state index in [1.165, 1.54) is 5.56 Å². The van der Waals surface area contributed by atoms with Gasteiger partial charge in [-0.1, -0.05) is 6.07 Å². The first-order chi connectivity index (χ1) is 11.5. The lowest BCUT2D eigenvalue weighted by Gasteiger charge is -2.18. The molecule has 0 bridgehead atoms. The van der Waals surface area contributed by atoms with E-state index < -0.39 is 0 Å². The molecule has 6 heteroatoms. The van der Waals surface area contributed by atoms with Crippen molar-refractivity contribution >= 4 is 17.6 Å². The maximum atomic E-state index is 12.2. The third-order valence-corrected chi connectivity index (χ3v) is 4.22. The molecule has 0 aliphatic carbocycles. The second kappa shape index (κ2) is 8.68. The fraction of sp³-hybridized carbons (Fsp3) is 0.556. The summed E-state index contributed by atoms with van der Waals surface area (Å²) in [6, 6.07) is 5.60. The average molecular weight is 333 g/mol. The summed E-state index contributed by atoms with van der Waals surface area (Å²) in [6.07, 6.45) is 1.11. The van der Waals surface area contributed by atoms with Crippen LogP contribution in [0.2, 0.25) is 0 Å². The Balaban J connectivity index is 1.81. The fourth-order valence-electron chi connectivity index (χ4n) is 2.70. The van der Waals surface area contributed by atoms with Gasteiger partial charge in [0.1, 0.15) is 0 Å². The summed E-state index contributed by atoms with van der Waals surface area (Å²) in [5.41, 5.74) is 3.25. The van der Waals surface area contributed by atoms with Gasteiger partial charge in [0, 0.05) is 38.4 Å². The van der Waals surface area contributed by atoms with E-state index in [1.807, 2.05) is 39.0 Å². The molecule has 0 aromatic heterocycles. The third-order valence-electron chi connectivity index (χ3n) is 4.22. The number of aryl methyl sites for hydroxylation is 2. The minimum absolute atomic E-state index is 0.0416. The third kappa shape index (κ3) is 4.96. The minimum atomic E-state index is -0.230. The predicted octanol–water partition coefficient (Wildman–Crippen LogP) is 2.13. The maximum Gasteiger partial charge on any atom is 0.315 e. The van der Waals surface area contributed by atoms with E-state index in [0.717, 1.165) is 17.7 Å². The molecule has 1 aliphatic heterocycles. The van der Waals surface area contributed by atoms with Crippen LogP contribution in [0, 0.1) is 13.8 Å². The van der Waals surface area contributed by atoms with Crippen LogP contribution in [-0.2, 0) is 9.53 Å². The lowest BCUT2D eigenvalue weighted by molar-refractivity contribution is -0.117. The topological polar surface area (TPSA) is 70.7 Å². The van der Waals surface area contributed by atoms with Crippen LogP contribution in [-0.4, -0.2) is 44.3 Å². The molecule has 1 saturated heterocycles. The van der Waals surface area contributed by atoms with Gasteiger partial charge in [0.05, 0.1) is 6.04 Å². The molecule has 0 saturated carbocycles. The molecule has 0 spiro atoms. The number of carbonyl (C=O) groups excluding carboxylic acids is 2. The highest BCUT2D eigenvalue weighted by Gasteiger charge is 2.31. The Kier molecular flexibility index (Phi) is 6.61. The van der Waals surface area contributed by atoms with Crippen molar-refractivity contribution in [2.45, 2.75) is 39.7 Å². The lowest BCUT2D eigenvalue weighted by Crippen LogP contribution is -2.43. The summed E-state index contributed by atoms with van der Waals surface area (Å²) >= 11 is 0. The van der Waals surface area contributed by atoms with Crippen molar-refractivity contribution in [1.29, 1.82) is 0 Å². The number of anilines is 1. The summed E-state index contributed by atoms with van der Waals surface area (Å²) in [5.74, 6) is 0.0416. The van der Waals surface area contributed by atoms with Gasteiger partial charge < -0.3 is 20.3 Å². The van der Waals surface area contributed by atoms with E-state index in [4.69, 9.17) is 4.74 Å². The Bertz CT molecular complexity index is 589. The largest absolute Gasteiger partial charge is 0.382 e. The fourth-order valence-corrected chi connectivity index (χ4v) is 2.70. The number of urea groups is 1. The van der Waals surface area contributed by atoms with Crippen LogP contribution in [0.4, 0.5) is 10.5 Å². The molecule has 1 atom stereocenters. The van der Waals surface area contributed by atoms with E-state index in [0.29, 0.717) is 32.7 Å². The van der Waals surface area contributed by atoms with E-state index >= 15 is 0 Å². The number of rotatable bonds is 7.